The van der Waals surface area contributed by atoms with Gasteiger partial charge in [-0.1, -0.05) is 0 Å². The van der Waals surface area contributed by atoms with Gasteiger partial charge < -0.3 is 25.2 Å². The summed E-state index contributed by atoms with van der Waals surface area (Å²) >= 11 is 1.85. The van der Waals surface area contributed by atoms with Crippen LogP contribution in [0.3, 0.4) is 0 Å². The summed E-state index contributed by atoms with van der Waals surface area (Å²) in [7, 11) is 3.11. The number of carbonyl (C=O) groups is 1. The Morgan fingerprint density at radius 3 is 2.96 bits per heavy atom. The molecule has 1 aromatic carbocycles. The largest absolute Gasteiger partial charge is 0.497 e. The Balaban J connectivity index is 1.88. The zero-order valence-corrected chi connectivity index (χ0v) is 14.3. The van der Waals surface area contributed by atoms with E-state index in [1.807, 2.05) is 11.8 Å². The Morgan fingerprint density at radius 2 is 2.30 bits per heavy atom. The molecule has 0 saturated carbocycles. The van der Waals surface area contributed by atoms with Gasteiger partial charge in [0, 0.05) is 42.6 Å². The molecule has 1 aliphatic rings. The second kappa shape index (κ2) is 9.00. The van der Waals surface area contributed by atoms with Gasteiger partial charge >= 0.3 is 0 Å². The van der Waals surface area contributed by atoms with Crippen molar-refractivity contribution in [3.8, 4) is 11.5 Å². The van der Waals surface area contributed by atoms with Gasteiger partial charge in [-0.3, -0.25) is 4.79 Å². The maximum Gasteiger partial charge on any atom is 0.221 e. The molecular weight excluding hydrogens is 316 g/mol. The Hall–Kier alpha value is -1.44. The number of hydrogen-bond donors (Lipinski definition) is 3. The number of rotatable bonds is 7. The lowest BCUT2D eigenvalue weighted by molar-refractivity contribution is -0.122. The van der Waals surface area contributed by atoms with Gasteiger partial charge in [0.1, 0.15) is 11.5 Å². The van der Waals surface area contributed by atoms with Crippen molar-refractivity contribution in [1.29, 1.82) is 0 Å². The number of aliphatic hydroxyl groups is 1. The molecule has 2 atom stereocenters. The topological polar surface area (TPSA) is 79.8 Å². The van der Waals surface area contributed by atoms with E-state index < -0.39 is 6.10 Å². The molecule has 0 aromatic heterocycles. The van der Waals surface area contributed by atoms with Gasteiger partial charge in [-0.15, -0.1) is 0 Å². The number of ether oxygens (including phenoxy) is 2. The van der Waals surface area contributed by atoms with Crippen molar-refractivity contribution in [2.45, 2.75) is 18.6 Å². The number of benzene rings is 1. The van der Waals surface area contributed by atoms with Crippen molar-refractivity contribution >= 4 is 17.7 Å². The van der Waals surface area contributed by atoms with E-state index in [-0.39, 0.29) is 18.5 Å². The van der Waals surface area contributed by atoms with Gasteiger partial charge in [0.05, 0.1) is 20.3 Å². The van der Waals surface area contributed by atoms with Crippen LogP contribution in [-0.2, 0) is 4.79 Å². The molecule has 6 nitrogen and oxygen atoms in total. The quantitative estimate of drug-likeness (QED) is 0.686. The van der Waals surface area contributed by atoms with E-state index in [2.05, 4.69) is 10.6 Å². The highest BCUT2D eigenvalue weighted by Crippen LogP contribution is 2.29. The van der Waals surface area contributed by atoms with Crippen LogP contribution in [0.4, 0.5) is 0 Å². The molecule has 0 radical (unpaired) electrons. The lowest BCUT2D eigenvalue weighted by Crippen LogP contribution is -2.41. The third-order valence-corrected chi connectivity index (χ3v) is 4.85. The molecule has 0 bridgehead atoms. The molecule has 128 valence electrons. The molecule has 3 N–H and O–H groups in total. The molecule has 2 unspecified atom stereocenters. The molecule has 2 rings (SSSR count). The minimum absolute atomic E-state index is 0.0640. The average Bonchev–Trinajstić information content (AvgIpc) is 2.60. The summed E-state index contributed by atoms with van der Waals surface area (Å²) in [5.41, 5.74) is 0.596. The van der Waals surface area contributed by atoms with Crippen molar-refractivity contribution in [3.05, 3.63) is 23.8 Å². The summed E-state index contributed by atoms with van der Waals surface area (Å²) < 4.78 is 10.4. The monoisotopic (exact) mass is 340 g/mol. The number of carbonyl (C=O) groups excluding carboxylic acids is 1. The standard InChI is InChI=1S/C16H24N2O4S/c1-21-12-3-4-15(22-2)13(8-12)14(19)9-18-16(20)7-11-10-23-6-5-17-11/h3-4,8,11,14,17,19H,5-7,9-10H2,1-2H3,(H,18,20). The van der Waals surface area contributed by atoms with E-state index in [4.69, 9.17) is 9.47 Å². The van der Waals surface area contributed by atoms with Gasteiger partial charge in [0.15, 0.2) is 0 Å². The number of amides is 1. The Kier molecular flexibility index (Phi) is 7.01. The van der Waals surface area contributed by atoms with Crippen LogP contribution in [-0.4, -0.2) is 55.9 Å². The van der Waals surface area contributed by atoms with Crippen LogP contribution in [0.5, 0.6) is 11.5 Å². The first-order chi connectivity index (χ1) is 11.1. The molecule has 1 saturated heterocycles. The van der Waals surface area contributed by atoms with E-state index in [1.165, 1.54) is 0 Å². The molecular formula is C16H24N2O4S. The van der Waals surface area contributed by atoms with Crippen molar-refractivity contribution in [2.24, 2.45) is 0 Å². The number of thioether (sulfide) groups is 1. The maximum absolute atomic E-state index is 12.0. The van der Waals surface area contributed by atoms with Crippen LogP contribution in [0.1, 0.15) is 18.1 Å². The molecule has 7 heteroatoms. The Bertz CT molecular complexity index is 521. The van der Waals surface area contributed by atoms with E-state index in [0.29, 0.717) is 23.5 Å². The second-order valence-electron chi connectivity index (χ2n) is 5.36. The fourth-order valence-electron chi connectivity index (χ4n) is 2.47. The minimum atomic E-state index is -0.849. The van der Waals surface area contributed by atoms with Gasteiger partial charge in [-0.2, -0.15) is 11.8 Å². The normalized spacial score (nSPS) is 19.0. The molecule has 0 spiro atoms. The molecule has 0 aliphatic carbocycles. The van der Waals surface area contributed by atoms with Crippen molar-refractivity contribution in [2.75, 3.05) is 38.8 Å². The van der Waals surface area contributed by atoms with Crippen LogP contribution in [0.2, 0.25) is 0 Å². The summed E-state index contributed by atoms with van der Waals surface area (Å²) in [4.78, 5) is 12.0. The van der Waals surface area contributed by atoms with Crippen LogP contribution >= 0.6 is 11.8 Å². The summed E-state index contributed by atoms with van der Waals surface area (Å²) in [6.45, 7) is 1.08. The fourth-order valence-corrected chi connectivity index (χ4v) is 3.42. The minimum Gasteiger partial charge on any atom is -0.497 e. The molecule has 1 aromatic rings. The van der Waals surface area contributed by atoms with Gasteiger partial charge in [0.25, 0.3) is 0 Å². The third-order valence-electron chi connectivity index (χ3n) is 3.72. The Labute approximate surface area is 140 Å². The van der Waals surface area contributed by atoms with Crippen molar-refractivity contribution in [3.63, 3.8) is 0 Å². The number of methoxy groups -OCH3 is 2. The molecule has 1 fully saturated rings. The number of nitrogens with one attached hydrogen (secondary N) is 2. The Morgan fingerprint density at radius 1 is 1.48 bits per heavy atom. The summed E-state index contributed by atoms with van der Waals surface area (Å²) in [5, 5.41) is 16.4. The van der Waals surface area contributed by atoms with E-state index in [1.54, 1.807) is 32.4 Å². The number of aliphatic hydroxyl groups excluding tert-OH is 1. The van der Waals surface area contributed by atoms with E-state index >= 15 is 0 Å². The van der Waals surface area contributed by atoms with Gasteiger partial charge in [-0.05, 0) is 18.2 Å². The first-order valence-electron chi connectivity index (χ1n) is 7.62. The zero-order valence-electron chi connectivity index (χ0n) is 13.5. The fraction of sp³-hybridized carbons (Fsp3) is 0.562. The van der Waals surface area contributed by atoms with Crippen LogP contribution < -0.4 is 20.1 Å². The van der Waals surface area contributed by atoms with Crippen LogP contribution in [0.15, 0.2) is 18.2 Å². The number of hydrogen-bond acceptors (Lipinski definition) is 6. The van der Waals surface area contributed by atoms with Crippen LogP contribution in [0, 0.1) is 0 Å². The van der Waals surface area contributed by atoms with Gasteiger partial charge in [-0.25, -0.2) is 0 Å². The third kappa shape index (κ3) is 5.30. The smallest absolute Gasteiger partial charge is 0.221 e. The highest BCUT2D eigenvalue weighted by Gasteiger charge is 2.19. The second-order valence-corrected chi connectivity index (χ2v) is 6.51. The van der Waals surface area contributed by atoms with Crippen LogP contribution in [0.25, 0.3) is 0 Å². The first kappa shape index (κ1) is 17.9. The maximum atomic E-state index is 12.0. The molecule has 1 amide bonds. The zero-order chi connectivity index (χ0) is 16.7. The summed E-state index contributed by atoms with van der Waals surface area (Å²) in [5.74, 6) is 3.17. The SMILES string of the molecule is COc1ccc(OC)c(C(O)CNC(=O)CC2CSCCN2)c1. The van der Waals surface area contributed by atoms with E-state index in [9.17, 15) is 9.90 Å². The first-order valence-corrected chi connectivity index (χ1v) is 8.77. The van der Waals surface area contributed by atoms with Gasteiger partial charge in [0.2, 0.25) is 5.91 Å². The summed E-state index contributed by atoms with van der Waals surface area (Å²) in [6.07, 6.45) is -0.424. The van der Waals surface area contributed by atoms with Crippen molar-refractivity contribution in [1.82, 2.24) is 10.6 Å². The highest BCUT2D eigenvalue weighted by atomic mass is 32.2. The predicted molar refractivity (Wildman–Crippen MR) is 91.2 cm³/mol. The molecule has 1 heterocycles. The lowest BCUT2D eigenvalue weighted by Gasteiger charge is -2.23. The molecule has 23 heavy (non-hydrogen) atoms. The molecule has 1 aliphatic heterocycles. The average molecular weight is 340 g/mol. The lowest BCUT2D eigenvalue weighted by atomic mass is 10.1. The highest BCUT2D eigenvalue weighted by molar-refractivity contribution is 7.99. The summed E-state index contributed by atoms with van der Waals surface area (Å²) in [6, 6.07) is 5.43. The van der Waals surface area contributed by atoms with E-state index in [0.717, 1.165) is 18.1 Å². The van der Waals surface area contributed by atoms with Crippen molar-refractivity contribution < 1.29 is 19.4 Å². The predicted octanol–water partition coefficient (Wildman–Crippen LogP) is 0.948.